The molecule has 5 nitrogen and oxygen atoms in total. The minimum atomic E-state index is -0.964. The summed E-state index contributed by atoms with van der Waals surface area (Å²) in [5.41, 5.74) is 0.398. The van der Waals surface area contributed by atoms with Gasteiger partial charge in [-0.25, -0.2) is 4.79 Å². The van der Waals surface area contributed by atoms with Gasteiger partial charge in [0.05, 0.1) is 5.69 Å². The van der Waals surface area contributed by atoms with E-state index in [4.69, 9.17) is 10.2 Å². The Hall–Kier alpha value is -1.91. The van der Waals surface area contributed by atoms with Gasteiger partial charge in [-0.1, -0.05) is 0 Å². The van der Waals surface area contributed by atoms with Crippen molar-refractivity contribution in [2.45, 2.75) is 19.9 Å². The largest absolute Gasteiger partial charge is 0.508 e. The molecule has 1 aromatic carbocycles. The van der Waals surface area contributed by atoms with E-state index in [1.807, 2.05) is 0 Å². The van der Waals surface area contributed by atoms with Crippen molar-refractivity contribution in [3.8, 4) is 11.5 Å². The molecule has 0 saturated carbocycles. The quantitative estimate of drug-likeness (QED) is 0.721. The van der Waals surface area contributed by atoms with Crippen molar-refractivity contribution < 1.29 is 20.1 Å². The fraction of sp³-hybridized carbons (Fsp3) is 0.364. The van der Waals surface area contributed by atoms with Gasteiger partial charge in [0.2, 0.25) is 0 Å². The summed E-state index contributed by atoms with van der Waals surface area (Å²) in [5.74, 6) is -1.15. The van der Waals surface area contributed by atoms with Gasteiger partial charge in [0, 0.05) is 12.6 Å². The number of hydrogen-bond acceptors (Lipinski definition) is 4. The lowest BCUT2D eigenvalue weighted by Crippen LogP contribution is -2.38. The Morgan fingerprint density at radius 3 is 2.50 bits per heavy atom. The molecular formula is C11H15NO4. The summed E-state index contributed by atoms with van der Waals surface area (Å²) < 4.78 is 0. The number of aliphatic carboxylic acids is 1. The molecule has 0 saturated heterocycles. The van der Waals surface area contributed by atoms with E-state index in [-0.39, 0.29) is 11.5 Å². The first-order chi connectivity index (χ1) is 7.47. The molecule has 0 bridgehead atoms. The van der Waals surface area contributed by atoms with E-state index in [2.05, 4.69) is 0 Å². The molecule has 0 aliphatic heterocycles. The Morgan fingerprint density at radius 2 is 2.06 bits per heavy atom. The summed E-state index contributed by atoms with van der Waals surface area (Å²) in [6, 6.07) is 3.35. The van der Waals surface area contributed by atoms with Crippen molar-refractivity contribution in [2.24, 2.45) is 0 Å². The van der Waals surface area contributed by atoms with Crippen molar-refractivity contribution in [1.29, 1.82) is 0 Å². The van der Waals surface area contributed by atoms with Crippen LogP contribution in [0.1, 0.15) is 13.8 Å². The number of nitrogens with zero attached hydrogens (tertiary/aromatic N) is 1. The molecular weight excluding hydrogens is 210 g/mol. The number of carboxylic acid groups (broad SMARTS) is 1. The first-order valence-electron chi connectivity index (χ1n) is 4.98. The molecule has 0 spiro atoms. The van der Waals surface area contributed by atoms with Crippen LogP contribution in [0.25, 0.3) is 0 Å². The van der Waals surface area contributed by atoms with Crippen molar-refractivity contribution in [2.75, 3.05) is 11.4 Å². The highest BCUT2D eigenvalue weighted by Crippen LogP contribution is 2.31. The molecule has 1 aromatic rings. The second-order valence-electron chi connectivity index (χ2n) is 3.47. The Bertz CT molecular complexity index is 392. The average molecular weight is 225 g/mol. The van der Waals surface area contributed by atoms with Crippen LogP contribution in [0.3, 0.4) is 0 Å². The lowest BCUT2D eigenvalue weighted by Gasteiger charge is -2.27. The van der Waals surface area contributed by atoms with Gasteiger partial charge in [-0.3, -0.25) is 0 Å². The zero-order valence-corrected chi connectivity index (χ0v) is 9.21. The Kier molecular flexibility index (Phi) is 3.60. The molecule has 0 fully saturated rings. The second-order valence-corrected chi connectivity index (χ2v) is 3.47. The Balaban J connectivity index is 3.08. The van der Waals surface area contributed by atoms with Gasteiger partial charge >= 0.3 is 5.97 Å². The third kappa shape index (κ3) is 2.36. The van der Waals surface area contributed by atoms with Gasteiger partial charge < -0.3 is 20.2 Å². The SMILES string of the molecule is CCN(c1ccc(O)cc1O)[C@@H](C)C(=O)O. The van der Waals surface area contributed by atoms with Crippen molar-refractivity contribution in [1.82, 2.24) is 0 Å². The van der Waals surface area contributed by atoms with Crippen LogP contribution in [0.4, 0.5) is 5.69 Å². The molecule has 1 rings (SSSR count). The lowest BCUT2D eigenvalue weighted by atomic mass is 10.2. The zero-order valence-electron chi connectivity index (χ0n) is 9.21. The monoisotopic (exact) mass is 225 g/mol. The molecule has 0 aromatic heterocycles. The molecule has 0 radical (unpaired) electrons. The van der Waals surface area contributed by atoms with Crippen LogP contribution in [-0.4, -0.2) is 33.9 Å². The second kappa shape index (κ2) is 4.74. The number of rotatable bonds is 4. The van der Waals surface area contributed by atoms with E-state index in [1.165, 1.54) is 30.0 Å². The third-order valence-electron chi connectivity index (χ3n) is 2.43. The number of phenolic OH excluding ortho intramolecular Hbond substituents is 2. The predicted molar refractivity (Wildman–Crippen MR) is 59.9 cm³/mol. The van der Waals surface area contributed by atoms with Crippen molar-refractivity contribution >= 4 is 11.7 Å². The number of aromatic hydroxyl groups is 2. The number of likely N-dealkylation sites (N-methyl/N-ethyl adjacent to an activating group) is 1. The summed E-state index contributed by atoms with van der Waals surface area (Å²) >= 11 is 0. The van der Waals surface area contributed by atoms with Crippen LogP contribution in [-0.2, 0) is 4.79 Å². The van der Waals surface area contributed by atoms with E-state index < -0.39 is 12.0 Å². The molecule has 16 heavy (non-hydrogen) atoms. The first kappa shape index (κ1) is 12.2. The van der Waals surface area contributed by atoms with E-state index in [0.717, 1.165) is 0 Å². The predicted octanol–water partition coefficient (Wildman–Crippen LogP) is 1.40. The van der Waals surface area contributed by atoms with Crippen LogP contribution in [0.15, 0.2) is 18.2 Å². The Morgan fingerprint density at radius 1 is 1.44 bits per heavy atom. The van der Waals surface area contributed by atoms with Crippen LogP contribution in [0, 0.1) is 0 Å². The van der Waals surface area contributed by atoms with Crippen LogP contribution >= 0.6 is 0 Å². The fourth-order valence-electron chi connectivity index (χ4n) is 1.54. The van der Waals surface area contributed by atoms with E-state index in [0.29, 0.717) is 12.2 Å². The van der Waals surface area contributed by atoms with Gasteiger partial charge in [0.25, 0.3) is 0 Å². The van der Waals surface area contributed by atoms with Gasteiger partial charge in [-0.15, -0.1) is 0 Å². The minimum Gasteiger partial charge on any atom is -0.508 e. The highest BCUT2D eigenvalue weighted by atomic mass is 16.4. The summed E-state index contributed by atoms with van der Waals surface area (Å²) in [4.78, 5) is 12.4. The summed E-state index contributed by atoms with van der Waals surface area (Å²) in [5, 5.41) is 27.7. The van der Waals surface area contributed by atoms with E-state index >= 15 is 0 Å². The number of hydrogen-bond donors (Lipinski definition) is 3. The Labute approximate surface area is 93.6 Å². The molecule has 0 amide bonds. The summed E-state index contributed by atoms with van der Waals surface area (Å²) in [7, 11) is 0. The molecule has 1 atom stereocenters. The topological polar surface area (TPSA) is 81.0 Å². The summed E-state index contributed by atoms with van der Waals surface area (Å²) in [6.45, 7) is 3.79. The van der Waals surface area contributed by atoms with Crippen molar-refractivity contribution in [3.05, 3.63) is 18.2 Å². The molecule has 0 unspecified atom stereocenters. The highest BCUT2D eigenvalue weighted by molar-refractivity contribution is 5.79. The zero-order chi connectivity index (χ0) is 12.3. The van der Waals surface area contributed by atoms with Gasteiger partial charge in [-0.05, 0) is 26.0 Å². The van der Waals surface area contributed by atoms with Gasteiger partial charge in [-0.2, -0.15) is 0 Å². The number of carbonyl (C=O) groups is 1. The van der Waals surface area contributed by atoms with Gasteiger partial charge in [0.1, 0.15) is 17.5 Å². The highest BCUT2D eigenvalue weighted by Gasteiger charge is 2.21. The lowest BCUT2D eigenvalue weighted by molar-refractivity contribution is -0.138. The first-order valence-corrected chi connectivity index (χ1v) is 4.98. The normalized spacial score (nSPS) is 12.1. The standard InChI is InChI=1S/C11H15NO4/c1-3-12(7(2)11(15)16)9-5-4-8(13)6-10(9)14/h4-7,13-14H,3H2,1-2H3,(H,15,16)/t7-/m0/s1. The van der Waals surface area contributed by atoms with Crippen LogP contribution in [0.2, 0.25) is 0 Å². The summed E-state index contributed by atoms with van der Waals surface area (Å²) in [6.07, 6.45) is 0. The molecule has 0 heterocycles. The molecule has 3 N–H and O–H groups in total. The molecule has 0 aliphatic rings. The van der Waals surface area contributed by atoms with Crippen LogP contribution in [0.5, 0.6) is 11.5 Å². The maximum Gasteiger partial charge on any atom is 0.326 e. The van der Waals surface area contributed by atoms with E-state index in [1.54, 1.807) is 6.92 Å². The fourth-order valence-corrected chi connectivity index (χ4v) is 1.54. The number of phenols is 2. The third-order valence-corrected chi connectivity index (χ3v) is 2.43. The van der Waals surface area contributed by atoms with Gasteiger partial charge in [0.15, 0.2) is 0 Å². The molecule has 88 valence electrons. The average Bonchev–Trinajstić information content (AvgIpc) is 2.21. The smallest absolute Gasteiger partial charge is 0.326 e. The number of carboxylic acids is 1. The van der Waals surface area contributed by atoms with Crippen molar-refractivity contribution in [3.63, 3.8) is 0 Å². The maximum absolute atomic E-state index is 10.9. The van der Waals surface area contributed by atoms with E-state index in [9.17, 15) is 9.90 Å². The number of benzene rings is 1. The molecule has 5 heteroatoms. The number of anilines is 1. The maximum atomic E-state index is 10.9. The van der Waals surface area contributed by atoms with Crippen LogP contribution < -0.4 is 4.90 Å². The minimum absolute atomic E-state index is 0.0553. The molecule has 0 aliphatic carbocycles.